The molecule has 0 saturated carbocycles. The van der Waals surface area contributed by atoms with Crippen LogP contribution in [0.3, 0.4) is 0 Å². The van der Waals surface area contributed by atoms with Crippen LogP contribution in [-0.2, 0) is 46.7 Å². The van der Waals surface area contributed by atoms with E-state index >= 15 is 0 Å². The zero-order valence-corrected chi connectivity index (χ0v) is 65.2. The van der Waals surface area contributed by atoms with Gasteiger partial charge < -0.3 is 73.6 Å². The minimum absolute atomic E-state index is 0.0291. The number of likely N-dealkylation sites (tertiary alicyclic amines) is 1. The normalized spacial score (nSPS) is 18.4. The quantitative estimate of drug-likeness (QED) is 0.0637. The van der Waals surface area contributed by atoms with E-state index in [4.69, 9.17) is 44.1 Å². The lowest BCUT2D eigenvalue weighted by Gasteiger charge is -2.40. The molecule has 0 bridgehead atoms. The van der Waals surface area contributed by atoms with Gasteiger partial charge in [0.2, 0.25) is 17.7 Å². The van der Waals surface area contributed by atoms with E-state index in [1.54, 1.807) is 18.2 Å². The second-order valence-electron chi connectivity index (χ2n) is 30.0. The number of phenols is 3. The number of piperazine rings is 3. The molecule has 0 radical (unpaired) electrons. The maximum Gasteiger partial charge on any atom is 0.318 e. The summed E-state index contributed by atoms with van der Waals surface area (Å²) in [6.45, 7) is 37.1. The van der Waals surface area contributed by atoms with Crippen molar-refractivity contribution < 1.29 is 43.9 Å². The Bertz CT molecular complexity index is 4860. The highest BCUT2D eigenvalue weighted by Crippen LogP contribution is 2.44. The van der Waals surface area contributed by atoms with Crippen LogP contribution < -0.4 is 43.6 Å². The number of hydrogen-bond donors (Lipinski definition) is 3. The van der Waals surface area contributed by atoms with E-state index < -0.39 is 0 Å². The van der Waals surface area contributed by atoms with Gasteiger partial charge in [-0.15, -0.1) is 0 Å². The summed E-state index contributed by atoms with van der Waals surface area (Å²) in [6, 6.07) is 36.7. The largest absolute Gasteiger partial charge is 0.508 e. The van der Waals surface area contributed by atoms with Crippen LogP contribution in [-0.4, -0.2) is 220 Å². The molecular formula is C87H104N16O9. The van der Waals surface area contributed by atoms with E-state index in [1.165, 1.54) is 24.6 Å². The Kier molecular flexibility index (Phi) is 24.0. The van der Waals surface area contributed by atoms with Crippen LogP contribution in [0.15, 0.2) is 147 Å². The molecule has 25 nitrogen and oxygen atoms in total. The number of phenolic OH excluding ortho intramolecular Hbond substituents is 3. The Balaban J connectivity index is 0.000000140. The fourth-order valence-corrected chi connectivity index (χ4v) is 16.7. The number of fused-ring (bicyclic) bond motifs is 6. The number of ether oxygens (including phenoxy) is 3. The van der Waals surface area contributed by atoms with Gasteiger partial charge in [0.05, 0.1) is 49.4 Å². The van der Waals surface area contributed by atoms with Crippen molar-refractivity contribution in [2.45, 2.75) is 98.3 Å². The number of amides is 3. The highest BCUT2D eigenvalue weighted by atomic mass is 16.5. The first kappa shape index (κ1) is 77.3. The van der Waals surface area contributed by atoms with Gasteiger partial charge in [-0.25, -0.2) is 0 Å². The SMILES string of the molecule is C=CC(=O)N1CCN(c2nc(OCCC)nc3c2CC(C)N(c2cc(O)cc4ccccc24)C3)CC1.C=CC(=O)N1CCN(c2nc(OCCC)nc3c2CCN(c2cc(O)cc4ccccc24)C3C)CC1.C=CC(=O)N1CCN(c2nc(OCCN3CCC(C)C3)nc3c2CCN(c2cc(O)cc4ccccc24)C3)CC1. The van der Waals surface area contributed by atoms with Crippen molar-refractivity contribution in [1.82, 2.24) is 49.5 Å². The summed E-state index contributed by atoms with van der Waals surface area (Å²) in [5, 5.41) is 37.7. The summed E-state index contributed by atoms with van der Waals surface area (Å²) in [5.41, 5.74) is 9.27. The lowest BCUT2D eigenvalue weighted by atomic mass is 9.96. The molecule has 10 heterocycles. The fraction of sp³-hybridized carbons (Fsp3) is 0.414. The van der Waals surface area contributed by atoms with Gasteiger partial charge in [0, 0.05) is 179 Å². The number of nitrogens with zero attached hydrogens (tertiary/aromatic N) is 16. The number of benzene rings is 6. The van der Waals surface area contributed by atoms with E-state index in [2.05, 4.69) is 107 Å². The average molecular weight is 1520 g/mol. The fourth-order valence-electron chi connectivity index (χ4n) is 16.7. The molecule has 7 aliphatic rings. The van der Waals surface area contributed by atoms with Crippen LogP contribution in [0.2, 0.25) is 0 Å². The molecular weight excluding hydrogens is 1410 g/mol. The molecule has 3 N–H and O–H groups in total. The Morgan fingerprint density at radius 1 is 0.455 bits per heavy atom. The Hall–Kier alpha value is -11.5. The van der Waals surface area contributed by atoms with Crippen molar-refractivity contribution >= 4 is 84.6 Å². The molecule has 3 atom stereocenters. The lowest BCUT2D eigenvalue weighted by molar-refractivity contribution is -0.127. The average Bonchev–Trinajstić information content (AvgIpc) is 0.794. The molecule has 3 unspecified atom stereocenters. The van der Waals surface area contributed by atoms with Crippen molar-refractivity contribution in [2.75, 3.05) is 160 Å². The van der Waals surface area contributed by atoms with Crippen LogP contribution in [0.4, 0.5) is 34.5 Å². The predicted octanol–water partition coefficient (Wildman–Crippen LogP) is 11.4. The molecule has 4 saturated heterocycles. The van der Waals surface area contributed by atoms with Gasteiger partial charge in [0.1, 0.15) is 41.3 Å². The van der Waals surface area contributed by atoms with E-state index in [-0.39, 0.29) is 47.1 Å². The first-order valence-electron chi connectivity index (χ1n) is 39.7. The maximum absolute atomic E-state index is 12.1. The smallest absolute Gasteiger partial charge is 0.318 e. The highest BCUT2D eigenvalue weighted by molar-refractivity contribution is 5.98. The number of hydrogen-bond acceptors (Lipinski definition) is 22. The van der Waals surface area contributed by atoms with E-state index in [0.29, 0.717) is 129 Å². The predicted molar refractivity (Wildman–Crippen MR) is 441 cm³/mol. The Morgan fingerprint density at radius 2 is 0.875 bits per heavy atom. The van der Waals surface area contributed by atoms with Crippen LogP contribution in [0, 0.1) is 5.92 Å². The van der Waals surface area contributed by atoms with Gasteiger partial charge in [0.25, 0.3) is 0 Å². The number of aromatic nitrogens is 6. The number of carbonyl (C=O) groups excluding carboxylic acids is 3. The van der Waals surface area contributed by atoms with Gasteiger partial charge in [0.15, 0.2) is 0 Å². The second kappa shape index (κ2) is 34.8. The van der Waals surface area contributed by atoms with Gasteiger partial charge in [-0.05, 0) is 117 Å². The minimum Gasteiger partial charge on any atom is -0.508 e. The minimum atomic E-state index is -0.0340. The second-order valence-corrected chi connectivity index (χ2v) is 30.0. The van der Waals surface area contributed by atoms with Crippen LogP contribution in [0.5, 0.6) is 35.3 Å². The highest BCUT2D eigenvalue weighted by Gasteiger charge is 2.37. The van der Waals surface area contributed by atoms with Crippen molar-refractivity contribution in [2.24, 2.45) is 5.92 Å². The Morgan fingerprint density at radius 3 is 1.35 bits per heavy atom. The number of carbonyl (C=O) groups is 3. The zero-order chi connectivity index (χ0) is 78.1. The maximum atomic E-state index is 12.1. The van der Waals surface area contributed by atoms with E-state index in [9.17, 15) is 29.7 Å². The summed E-state index contributed by atoms with van der Waals surface area (Å²) >= 11 is 0. The zero-order valence-electron chi connectivity index (χ0n) is 65.2. The van der Waals surface area contributed by atoms with E-state index in [1.807, 2.05) is 87.5 Å². The standard InChI is InChI=1S/C31H38N6O3.2C28H33N5O3/c1-3-29(39)35-12-14-36(15-13-35)30-26-9-11-37(28-19-24(38)18-23-6-4-5-7-25(23)28)21-27(26)32-31(33-30)40-17-16-34-10-8-22(2)20-34;1-4-14-36-28-29-24-18-33(25-17-21(34)16-20-8-6-7-9-22(20)25)19(3)15-23(24)27(30-28)32-12-10-31(11-13-32)26(35)5-2;1-4-16-36-28-29-26-19(3)33(24-18-21(34)17-20-8-6-7-9-22(20)24)11-10-23(26)27(30-28)32-14-12-31(13-15-32)25(35)5-2/h3-7,18-19,22,38H,1,8-17,20-21H2,2H3;5-9,16-17,19,34H,2,4,10-15,18H2,1,3H3;5-9,17-19,34H,2,4,10-16H2,1,3H3. The van der Waals surface area contributed by atoms with Gasteiger partial charge in [-0.1, -0.05) is 113 Å². The molecule has 586 valence electrons. The number of anilines is 6. The van der Waals surface area contributed by atoms with Crippen LogP contribution in [0.1, 0.15) is 93.7 Å². The van der Waals surface area contributed by atoms with Gasteiger partial charge >= 0.3 is 18.0 Å². The third kappa shape index (κ3) is 17.0. The first-order chi connectivity index (χ1) is 54.5. The molecule has 6 aromatic carbocycles. The number of rotatable bonds is 19. The molecule has 4 fully saturated rings. The lowest BCUT2D eigenvalue weighted by Crippen LogP contribution is -2.49. The van der Waals surface area contributed by atoms with Crippen molar-refractivity contribution in [3.05, 3.63) is 181 Å². The summed E-state index contributed by atoms with van der Waals surface area (Å²) in [4.78, 5) is 87.1. The molecule has 0 aliphatic carbocycles. The van der Waals surface area contributed by atoms with Crippen LogP contribution >= 0.6 is 0 Å². The first-order valence-corrected chi connectivity index (χ1v) is 39.7. The summed E-state index contributed by atoms with van der Waals surface area (Å²) < 4.78 is 18.0. The monoisotopic (exact) mass is 1520 g/mol. The summed E-state index contributed by atoms with van der Waals surface area (Å²) in [5.74, 6) is 4.14. The topological polar surface area (TPSA) is 249 Å². The third-order valence-electron chi connectivity index (χ3n) is 22.5. The molecule has 25 heteroatoms. The molecule has 3 aromatic heterocycles. The van der Waals surface area contributed by atoms with Crippen molar-refractivity contribution in [3.63, 3.8) is 0 Å². The molecule has 3 amide bonds. The molecule has 0 spiro atoms. The van der Waals surface area contributed by atoms with Gasteiger partial charge in [-0.2, -0.15) is 29.9 Å². The summed E-state index contributed by atoms with van der Waals surface area (Å²) in [6.07, 6.45) is 9.44. The van der Waals surface area contributed by atoms with Gasteiger partial charge in [-0.3, -0.25) is 19.3 Å². The van der Waals surface area contributed by atoms with Crippen molar-refractivity contribution in [3.8, 4) is 35.3 Å². The molecule has 7 aliphatic heterocycles. The van der Waals surface area contributed by atoms with Crippen LogP contribution in [0.25, 0.3) is 32.3 Å². The summed E-state index contributed by atoms with van der Waals surface area (Å²) in [7, 11) is 0. The molecule has 16 rings (SSSR count). The van der Waals surface area contributed by atoms with E-state index in [0.717, 1.165) is 171 Å². The molecule has 9 aromatic rings. The number of aromatic hydroxyl groups is 3. The third-order valence-corrected chi connectivity index (χ3v) is 22.5. The van der Waals surface area contributed by atoms with Crippen molar-refractivity contribution in [1.29, 1.82) is 0 Å². The Labute approximate surface area is 655 Å². The molecule has 112 heavy (non-hydrogen) atoms.